The van der Waals surface area contributed by atoms with Gasteiger partial charge in [0.15, 0.2) is 0 Å². The second-order valence-corrected chi connectivity index (χ2v) is 11.5. The molecule has 0 aromatic heterocycles. The Morgan fingerprint density at radius 3 is 2.33 bits per heavy atom. The number of rotatable bonds is 7. The molecular formula is C31H41N3O2. The van der Waals surface area contributed by atoms with Crippen LogP contribution in [0.1, 0.15) is 74.5 Å². The summed E-state index contributed by atoms with van der Waals surface area (Å²) < 4.78 is 0. The molecule has 2 fully saturated rings. The molecular weight excluding hydrogens is 446 g/mol. The van der Waals surface area contributed by atoms with Crippen LogP contribution in [0.2, 0.25) is 0 Å². The van der Waals surface area contributed by atoms with Crippen LogP contribution in [0, 0.1) is 11.8 Å². The minimum atomic E-state index is -0.374. The number of fused-ring (bicyclic) bond motifs is 1. The Labute approximate surface area is 216 Å². The average molecular weight is 488 g/mol. The van der Waals surface area contributed by atoms with Gasteiger partial charge in [-0.2, -0.15) is 0 Å². The quantitative estimate of drug-likeness (QED) is 0.589. The number of aryl methyl sites for hydroxylation is 1. The van der Waals surface area contributed by atoms with Crippen LogP contribution in [0.5, 0.6) is 0 Å². The number of likely N-dealkylation sites (tertiary alicyclic amines) is 1. The van der Waals surface area contributed by atoms with Gasteiger partial charge in [0, 0.05) is 32.1 Å². The Balaban J connectivity index is 1.24. The second-order valence-electron chi connectivity index (χ2n) is 11.5. The van der Waals surface area contributed by atoms with Crippen LogP contribution >= 0.6 is 0 Å². The van der Waals surface area contributed by atoms with E-state index in [9.17, 15) is 9.59 Å². The van der Waals surface area contributed by atoms with Gasteiger partial charge in [-0.1, -0.05) is 61.5 Å². The zero-order valence-corrected chi connectivity index (χ0v) is 21.7. The van der Waals surface area contributed by atoms with Gasteiger partial charge in [0.25, 0.3) is 0 Å². The average Bonchev–Trinajstić information content (AvgIpc) is 3.34. The van der Waals surface area contributed by atoms with Gasteiger partial charge in [-0.3, -0.25) is 14.5 Å². The van der Waals surface area contributed by atoms with Crippen LogP contribution in [-0.4, -0.2) is 41.9 Å². The number of amides is 2. The minimum Gasteiger partial charge on any atom is -0.353 e. The predicted molar refractivity (Wildman–Crippen MR) is 143 cm³/mol. The van der Waals surface area contributed by atoms with Gasteiger partial charge in [-0.25, -0.2) is 0 Å². The van der Waals surface area contributed by atoms with E-state index >= 15 is 0 Å². The van der Waals surface area contributed by atoms with Crippen LogP contribution in [-0.2, 0) is 22.6 Å². The van der Waals surface area contributed by atoms with Gasteiger partial charge in [0.05, 0.1) is 11.5 Å². The standard InChI is InChI=1S/C31H41N3O2/c1-23-11-13-26(14-12-23)29(35)33-31(17-19-34(20-18-31)21-24-7-3-2-4-8-24)22-32-30(36)28-16-15-25-9-5-6-10-27(25)28/h2-10,23,26,28H,11-22H2,1H3,(H,32,36)(H,33,35). The van der Waals surface area contributed by atoms with Crippen LogP contribution in [0.3, 0.4) is 0 Å². The molecule has 5 heteroatoms. The SMILES string of the molecule is CC1CCC(C(=O)NC2(CNC(=O)C3CCc4ccccc43)CCN(Cc3ccccc3)CC2)CC1. The van der Waals surface area contributed by atoms with Gasteiger partial charge in [0.1, 0.15) is 0 Å². The van der Waals surface area contributed by atoms with E-state index in [1.165, 1.54) is 16.7 Å². The lowest BCUT2D eigenvalue weighted by Crippen LogP contribution is -2.61. The van der Waals surface area contributed by atoms with Gasteiger partial charge >= 0.3 is 0 Å². The highest BCUT2D eigenvalue weighted by Gasteiger charge is 2.39. The highest BCUT2D eigenvalue weighted by Crippen LogP contribution is 2.34. The molecule has 2 aromatic carbocycles. The van der Waals surface area contributed by atoms with Crippen molar-refractivity contribution >= 4 is 11.8 Å². The van der Waals surface area contributed by atoms with Crippen LogP contribution < -0.4 is 10.6 Å². The molecule has 0 bridgehead atoms. The van der Waals surface area contributed by atoms with Crippen molar-refractivity contribution < 1.29 is 9.59 Å². The van der Waals surface area contributed by atoms with Crippen molar-refractivity contribution in [3.8, 4) is 0 Å². The Kier molecular flexibility index (Phi) is 7.76. The van der Waals surface area contributed by atoms with E-state index in [-0.39, 0.29) is 29.2 Å². The van der Waals surface area contributed by atoms with Crippen molar-refractivity contribution in [3.63, 3.8) is 0 Å². The molecule has 2 amide bonds. The fourth-order valence-electron chi connectivity index (χ4n) is 6.42. The van der Waals surface area contributed by atoms with Gasteiger partial charge < -0.3 is 10.6 Å². The molecule has 5 nitrogen and oxygen atoms in total. The summed E-state index contributed by atoms with van der Waals surface area (Å²) in [4.78, 5) is 29.1. The molecule has 1 saturated heterocycles. The van der Waals surface area contributed by atoms with Crippen molar-refractivity contribution in [1.82, 2.24) is 15.5 Å². The summed E-state index contributed by atoms with van der Waals surface area (Å²) in [5.74, 6) is 1.05. The summed E-state index contributed by atoms with van der Waals surface area (Å²) in [5.41, 5.74) is 3.41. The summed E-state index contributed by atoms with van der Waals surface area (Å²) in [6, 6.07) is 18.9. The number of benzene rings is 2. The molecule has 1 heterocycles. The summed E-state index contributed by atoms with van der Waals surface area (Å²) >= 11 is 0. The van der Waals surface area contributed by atoms with Crippen molar-refractivity contribution in [3.05, 3.63) is 71.3 Å². The van der Waals surface area contributed by atoms with Crippen molar-refractivity contribution in [1.29, 1.82) is 0 Å². The maximum atomic E-state index is 13.4. The Bertz CT molecular complexity index is 1040. The minimum absolute atomic E-state index is 0.0769. The topological polar surface area (TPSA) is 61.4 Å². The highest BCUT2D eigenvalue weighted by molar-refractivity contribution is 5.85. The molecule has 1 saturated carbocycles. The first-order valence-electron chi connectivity index (χ1n) is 14.0. The zero-order valence-electron chi connectivity index (χ0n) is 21.7. The van der Waals surface area contributed by atoms with E-state index < -0.39 is 0 Å². The molecule has 1 unspecified atom stereocenters. The summed E-state index contributed by atoms with van der Waals surface area (Å²) in [6.07, 6.45) is 7.77. The molecule has 0 radical (unpaired) electrons. The van der Waals surface area contributed by atoms with E-state index in [2.05, 4.69) is 71.0 Å². The molecule has 2 aliphatic carbocycles. The fraction of sp³-hybridized carbons (Fsp3) is 0.548. The molecule has 2 aromatic rings. The number of nitrogens with zero attached hydrogens (tertiary/aromatic N) is 1. The van der Waals surface area contributed by atoms with Crippen molar-refractivity contribution in [2.75, 3.05) is 19.6 Å². The van der Waals surface area contributed by atoms with Gasteiger partial charge in [-0.05, 0) is 74.0 Å². The first-order chi connectivity index (χ1) is 17.5. The molecule has 5 rings (SSSR count). The highest BCUT2D eigenvalue weighted by atomic mass is 16.2. The van der Waals surface area contributed by atoms with Crippen LogP contribution in [0.15, 0.2) is 54.6 Å². The predicted octanol–water partition coefficient (Wildman–Crippen LogP) is 4.81. The first kappa shape index (κ1) is 25.0. The summed E-state index contributed by atoms with van der Waals surface area (Å²) in [6.45, 7) is 5.56. The monoisotopic (exact) mass is 487 g/mol. The molecule has 192 valence electrons. The fourth-order valence-corrected chi connectivity index (χ4v) is 6.42. The Morgan fingerprint density at radius 1 is 0.889 bits per heavy atom. The maximum absolute atomic E-state index is 13.4. The third kappa shape index (κ3) is 5.83. The number of nitrogens with one attached hydrogen (secondary N) is 2. The van der Waals surface area contributed by atoms with Crippen molar-refractivity contribution in [2.24, 2.45) is 11.8 Å². The molecule has 1 aliphatic heterocycles. The molecule has 36 heavy (non-hydrogen) atoms. The van der Waals surface area contributed by atoms with Crippen LogP contribution in [0.25, 0.3) is 0 Å². The Morgan fingerprint density at radius 2 is 1.58 bits per heavy atom. The number of carbonyl (C=O) groups excluding carboxylic acids is 2. The van der Waals surface area contributed by atoms with Gasteiger partial charge in [-0.15, -0.1) is 0 Å². The van der Waals surface area contributed by atoms with E-state index in [4.69, 9.17) is 0 Å². The van der Waals surface area contributed by atoms with Crippen LogP contribution in [0.4, 0.5) is 0 Å². The third-order valence-electron chi connectivity index (χ3n) is 8.89. The first-order valence-corrected chi connectivity index (χ1v) is 14.0. The van der Waals surface area contributed by atoms with E-state index in [0.717, 1.165) is 76.9 Å². The zero-order chi connectivity index (χ0) is 25.0. The largest absolute Gasteiger partial charge is 0.353 e. The molecule has 1 atom stereocenters. The smallest absolute Gasteiger partial charge is 0.227 e. The maximum Gasteiger partial charge on any atom is 0.227 e. The normalized spacial score (nSPS) is 25.6. The number of piperidine rings is 1. The Hall–Kier alpha value is -2.66. The summed E-state index contributed by atoms with van der Waals surface area (Å²) in [7, 11) is 0. The molecule has 3 aliphatic rings. The molecule has 0 spiro atoms. The van der Waals surface area contributed by atoms with E-state index in [1.807, 2.05) is 6.07 Å². The third-order valence-corrected chi connectivity index (χ3v) is 8.89. The lowest BCUT2D eigenvalue weighted by atomic mass is 9.81. The van der Waals surface area contributed by atoms with Crippen molar-refractivity contribution in [2.45, 2.75) is 76.3 Å². The second kappa shape index (κ2) is 11.2. The summed E-state index contributed by atoms with van der Waals surface area (Å²) in [5, 5.41) is 6.77. The number of carbonyl (C=O) groups is 2. The number of hydrogen-bond donors (Lipinski definition) is 2. The lowest BCUT2D eigenvalue weighted by molar-refractivity contribution is -0.130. The van der Waals surface area contributed by atoms with E-state index in [1.54, 1.807) is 0 Å². The van der Waals surface area contributed by atoms with E-state index in [0.29, 0.717) is 6.54 Å². The number of hydrogen-bond acceptors (Lipinski definition) is 3. The lowest BCUT2D eigenvalue weighted by Gasteiger charge is -2.43. The molecule has 2 N–H and O–H groups in total. The van der Waals surface area contributed by atoms with Gasteiger partial charge in [0.2, 0.25) is 11.8 Å².